The zero-order chi connectivity index (χ0) is 6.74. The third-order valence-electron chi connectivity index (χ3n) is 2.49. The van der Waals surface area contributed by atoms with Crippen molar-refractivity contribution in [3.05, 3.63) is 12.7 Å². The number of allylic oxidation sites excluding steroid dienone is 1. The molecule has 0 saturated heterocycles. The maximum Gasteiger partial charge on any atom is -0.0149 e. The largest absolute Gasteiger partial charge is 0.103 e. The van der Waals surface area contributed by atoms with E-state index in [4.69, 9.17) is 0 Å². The molecular formula is C9H16. The lowest BCUT2D eigenvalue weighted by Crippen LogP contribution is -2.16. The molecule has 0 spiro atoms. The van der Waals surface area contributed by atoms with Crippen LogP contribution in [-0.2, 0) is 0 Å². The fourth-order valence-corrected chi connectivity index (χ4v) is 1.56. The van der Waals surface area contributed by atoms with Crippen molar-refractivity contribution in [2.24, 2.45) is 5.41 Å². The Hall–Kier alpha value is -0.260. The minimum absolute atomic E-state index is 0.484. The third kappa shape index (κ3) is 1.57. The first-order chi connectivity index (χ1) is 4.27. The van der Waals surface area contributed by atoms with Gasteiger partial charge in [0, 0.05) is 0 Å². The van der Waals surface area contributed by atoms with Gasteiger partial charge in [-0.3, -0.25) is 0 Å². The monoisotopic (exact) mass is 124 g/mol. The summed E-state index contributed by atoms with van der Waals surface area (Å²) in [6.45, 7) is 6.17. The fraction of sp³-hybridized carbons (Fsp3) is 0.778. The molecule has 1 fully saturated rings. The average molecular weight is 124 g/mol. The predicted octanol–water partition coefficient (Wildman–Crippen LogP) is 3.14. The molecule has 0 heterocycles. The Kier molecular flexibility index (Phi) is 1.94. The first-order valence-electron chi connectivity index (χ1n) is 3.90. The smallest absolute Gasteiger partial charge is 0.0149 e. The van der Waals surface area contributed by atoms with Gasteiger partial charge >= 0.3 is 0 Å². The summed E-state index contributed by atoms with van der Waals surface area (Å²) in [6.07, 6.45) is 9.09. The second-order valence-electron chi connectivity index (χ2n) is 3.42. The topological polar surface area (TPSA) is 0 Å². The highest BCUT2D eigenvalue weighted by Gasteiger charge is 2.22. The van der Waals surface area contributed by atoms with Crippen LogP contribution in [0, 0.1) is 5.41 Å². The number of rotatable bonds is 1. The van der Waals surface area contributed by atoms with Crippen molar-refractivity contribution in [2.45, 2.75) is 39.0 Å². The highest BCUT2D eigenvalue weighted by atomic mass is 14.3. The standard InChI is InChI=1S/C9H16/c1-3-9(2)7-5-4-6-8-9/h3H,1,4-8H2,2H3. The summed E-state index contributed by atoms with van der Waals surface area (Å²) in [7, 11) is 0. The van der Waals surface area contributed by atoms with Gasteiger partial charge < -0.3 is 0 Å². The van der Waals surface area contributed by atoms with E-state index in [-0.39, 0.29) is 0 Å². The first-order valence-corrected chi connectivity index (χ1v) is 3.90. The van der Waals surface area contributed by atoms with E-state index in [0.29, 0.717) is 5.41 Å². The number of hydrogen-bond acceptors (Lipinski definition) is 0. The van der Waals surface area contributed by atoms with Gasteiger partial charge in [-0.15, -0.1) is 6.58 Å². The van der Waals surface area contributed by atoms with Crippen molar-refractivity contribution in [1.82, 2.24) is 0 Å². The minimum Gasteiger partial charge on any atom is -0.103 e. The third-order valence-corrected chi connectivity index (χ3v) is 2.49. The van der Waals surface area contributed by atoms with Crippen LogP contribution in [0.5, 0.6) is 0 Å². The average Bonchev–Trinajstić information content (AvgIpc) is 1.90. The highest BCUT2D eigenvalue weighted by Crippen LogP contribution is 2.36. The van der Waals surface area contributed by atoms with Crippen LogP contribution in [-0.4, -0.2) is 0 Å². The summed E-state index contributed by atoms with van der Waals surface area (Å²) in [6, 6.07) is 0. The van der Waals surface area contributed by atoms with Gasteiger partial charge in [-0.2, -0.15) is 0 Å². The van der Waals surface area contributed by atoms with Gasteiger partial charge in [-0.05, 0) is 18.3 Å². The Bertz CT molecular complexity index is 96.6. The molecule has 1 aliphatic carbocycles. The van der Waals surface area contributed by atoms with Crippen molar-refractivity contribution in [2.75, 3.05) is 0 Å². The van der Waals surface area contributed by atoms with E-state index in [0.717, 1.165) is 0 Å². The lowest BCUT2D eigenvalue weighted by molar-refractivity contribution is 0.286. The van der Waals surface area contributed by atoms with E-state index in [1.54, 1.807) is 0 Å². The van der Waals surface area contributed by atoms with Gasteiger partial charge in [-0.1, -0.05) is 32.3 Å². The van der Waals surface area contributed by atoms with Gasteiger partial charge in [0.15, 0.2) is 0 Å². The molecule has 0 radical (unpaired) electrons. The summed E-state index contributed by atoms with van der Waals surface area (Å²) in [5, 5.41) is 0. The van der Waals surface area contributed by atoms with Crippen LogP contribution in [0.15, 0.2) is 12.7 Å². The van der Waals surface area contributed by atoms with Gasteiger partial charge in [0.1, 0.15) is 0 Å². The second-order valence-corrected chi connectivity index (χ2v) is 3.42. The van der Waals surface area contributed by atoms with Gasteiger partial charge in [0.25, 0.3) is 0 Å². The van der Waals surface area contributed by atoms with Crippen LogP contribution in [0.4, 0.5) is 0 Å². The van der Waals surface area contributed by atoms with E-state index < -0.39 is 0 Å². The van der Waals surface area contributed by atoms with Crippen LogP contribution >= 0.6 is 0 Å². The normalized spacial score (nSPS) is 25.4. The molecule has 0 atom stereocenters. The Morgan fingerprint density at radius 1 is 1.22 bits per heavy atom. The molecule has 0 amide bonds. The van der Waals surface area contributed by atoms with E-state index in [9.17, 15) is 0 Å². The Balaban J connectivity index is 2.46. The van der Waals surface area contributed by atoms with Crippen molar-refractivity contribution in [3.63, 3.8) is 0 Å². The molecule has 0 aliphatic heterocycles. The molecular weight excluding hydrogens is 108 g/mol. The van der Waals surface area contributed by atoms with Crippen LogP contribution in [0.2, 0.25) is 0 Å². The van der Waals surface area contributed by atoms with E-state index in [1.165, 1.54) is 32.1 Å². The van der Waals surface area contributed by atoms with Crippen molar-refractivity contribution >= 4 is 0 Å². The lowest BCUT2D eigenvalue weighted by Gasteiger charge is -2.29. The molecule has 0 bridgehead atoms. The minimum atomic E-state index is 0.484. The Labute approximate surface area is 58.0 Å². The van der Waals surface area contributed by atoms with Crippen molar-refractivity contribution < 1.29 is 0 Å². The molecule has 0 nitrogen and oxygen atoms in total. The highest BCUT2D eigenvalue weighted by molar-refractivity contribution is 4.92. The summed E-state index contributed by atoms with van der Waals surface area (Å²) >= 11 is 0. The zero-order valence-electron chi connectivity index (χ0n) is 6.32. The molecule has 1 aliphatic rings. The van der Waals surface area contributed by atoms with Crippen LogP contribution < -0.4 is 0 Å². The Morgan fingerprint density at radius 3 is 2.11 bits per heavy atom. The van der Waals surface area contributed by atoms with Crippen molar-refractivity contribution in [3.8, 4) is 0 Å². The maximum absolute atomic E-state index is 3.86. The zero-order valence-corrected chi connectivity index (χ0v) is 6.32. The maximum atomic E-state index is 3.86. The molecule has 0 unspecified atom stereocenters. The molecule has 0 N–H and O–H groups in total. The second kappa shape index (κ2) is 2.55. The first kappa shape index (κ1) is 6.85. The molecule has 0 aromatic carbocycles. The Morgan fingerprint density at radius 2 is 1.78 bits per heavy atom. The summed E-state index contributed by atoms with van der Waals surface area (Å²) in [5.41, 5.74) is 0.484. The van der Waals surface area contributed by atoms with E-state index in [2.05, 4.69) is 19.6 Å². The molecule has 1 saturated carbocycles. The molecule has 0 heteroatoms. The summed E-state index contributed by atoms with van der Waals surface area (Å²) < 4.78 is 0. The lowest BCUT2D eigenvalue weighted by atomic mass is 9.76. The van der Waals surface area contributed by atoms with Gasteiger partial charge in [0.2, 0.25) is 0 Å². The molecule has 1 rings (SSSR count). The fourth-order valence-electron chi connectivity index (χ4n) is 1.56. The van der Waals surface area contributed by atoms with E-state index in [1.807, 2.05) is 0 Å². The van der Waals surface area contributed by atoms with Crippen LogP contribution in [0.3, 0.4) is 0 Å². The predicted molar refractivity (Wildman–Crippen MR) is 41.4 cm³/mol. The molecule has 0 aromatic heterocycles. The SMILES string of the molecule is C=CC1(C)CCCCC1. The summed E-state index contributed by atoms with van der Waals surface area (Å²) in [5.74, 6) is 0. The molecule has 9 heavy (non-hydrogen) atoms. The van der Waals surface area contributed by atoms with Gasteiger partial charge in [0.05, 0.1) is 0 Å². The van der Waals surface area contributed by atoms with E-state index >= 15 is 0 Å². The molecule has 0 aromatic rings. The molecule has 52 valence electrons. The van der Waals surface area contributed by atoms with Crippen molar-refractivity contribution in [1.29, 1.82) is 0 Å². The number of hydrogen-bond donors (Lipinski definition) is 0. The van der Waals surface area contributed by atoms with Crippen LogP contribution in [0.25, 0.3) is 0 Å². The van der Waals surface area contributed by atoms with Crippen LogP contribution in [0.1, 0.15) is 39.0 Å². The quantitative estimate of drug-likeness (QED) is 0.471. The summed E-state index contributed by atoms with van der Waals surface area (Å²) in [4.78, 5) is 0. The van der Waals surface area contributed by atoms with Gasteiger partial charge in [-0.25, -0.2) is 0 Å².